The fourth-order valence-electron chi connectivity index (χ4n) is 1.79. The highest BCUT2D eigenvalue weighted by Crippen LogP contribution is 2.31. The van der Waals surface area contributed by atoms with Crippen LogP contribution >= 0.6 is 0 Å². The summed E-state index contributed by atoms with van der Waals surface area (Å²) in [7, 11) is 0. The van der Waals surface area contributed by atoms with E-state index in [9.17, 15) is 0 Å². The highest BCUT2D eigenvalue weighted by Gasteiger charge is 2.37. The Hall–Kier alpha value is -1.84. The summed E-state index contributed by atoms with van der Waals surface area (Å²) in [5.74, 6) is 0. The third-order valence-electron chi connectivity index (χ3n) is 2.66. The standard InChI is InChI=1S/C13H16N2O2/c1-13(2,3)12-10(14-16)11(17-15-12)9-7-5-4-6-8-9/h4-8,11,16H,1-3H3/b14-10+. The van der Waals surface area contributed by atoms with E-state index in [1.807, 2.05) is 51.1 Å². The molecule has 0 spiro atoms. The third kappa shape index (κ3) is 2.16. The highest BCUT2D eigenvalue weighted by atomic mass is 16.6. The van der Waals surface area contributed by atoms with Gasteiger partial charge in [-0.05, 0) is 0 Å². The molecule has 90 valence electrons. The predicted octanol–water partition coefficient (Wildman–Crippen LogP) is 2.99. The van der Waals surface area contributed by atoms with E-state index in [0.717, 1.165) is 5.56 Å². The Balaban J connectivity index is 2.33. The Labute approximate surface area is 101 Å². The lowest BCUT2D eigenvalue weighted by Crippen LogP contribution is -2.28. The van der Waals surface area contributed by atoms with Crippen LogP contribution in [-0.2, 0) is 4.84 Å². The van der Waals surface area contributed by atoms with Crippen LogP contribution in [0.25, 0.3) is 0 Å². The van der Waals surface area contributed by atoms with Gasteiger partial charge in [-0.3, -0.25) is 0 Å². The van der Waals surface area contributed by atoms with Gasteiger partial charge < -0.3 is 10.0 Å². The van der Waals surface area contributed by atoms with Gasteiger partial charge in [0.1, 0.15) is 5.71 Å². The van der Waals surface area contributed by atoms with Crippen molar-refractivity contribution in [1.29, 1.82) is 0 Å². The van der Waals surface area contributed by atoms with E-state index in [2.05, 4.69) is 10.3 Å². The van der Waals surface area contributed by atoms with Crippen LogP contribution in [-0.4, -0.2) is 16.6 Å². The molecular weight excluding hydrogens is 216 g/mol. The van der Waals surface area contributed by atoms with Crippen molar-refractivity contribution in [2.75, 3.05) is 0 Å². The molecule has 1 aliphatic rings. The van der Waals surface area contributed by atoms with E-state index >= 15 is 0 Å². The minimum atomic E-state index is -0.407. The number of hydrogen-bond acceptors (Lipinski definition) is 4. The second-order valence-electron chi connectivity index (χ2n) is 5.07. The van der Waals surface area contributed by atoms with E-state index in [1.165, 1.54) is 0 Å². The molecule has 1 unspecified atom stereocenters. The van der Waals surface area contributed by atoms with E-state index in [4.69, 9.17) is 10.0 Å². The summed E-state index contributed by atoms with van der Waals surface area (Å²) in [6.45, 7) is 6.02. The molecule has 0 radical (unpaired) electrons. The molecule has 0 fully saturated rings. The monoisotopic (exact) mass is 232 g/mol. The fourth-order valence-corrected chi connectivity index (χ4v) is 1.79. The molecule has 1 aliphatic heterocycles. The highest BCUT2D eigenvalue weighted by molar-refractivity contribution is 6.46. The molecule has 0 amide bonds. The Morgan fingerprint density at radius 2 is 1.88 bits per heavy atom. The topological polar surface area (TPSA) is 54.2 Å². The SMILES string of the molecule is CC(C)(C)C1=NOC(c2ccccc2)/C1=N\O. The van der Waals surface area contributed by atoms with Gasteiger partial charge in [0.25, 0.3) is 0 Å². The second kappa shape index (κ2) is 4.20. The van der Waals surface area contributed by atoms with Crippen LogP contribution in [0.2, 0.25) is 0 Å². The Morgan fingerprint density at radius 3 is 2.41 bits per heavy atom. The minimum absolute atomic E-state index is 0.203. The molecule has 0 saturated carbocycles. The first-order valence-electron chi connectivity index (χ1n) is 5.55. The molecule has 0 aromatic heterocycles. The van der Waals surface area contributed by atoms with Crippen molar-refractivity contribution in [2.24, 2.45) is 15.7 Å². The van der Waals surface area contributed by atoms with Crippen LogP contribution in [0.15, 0.2) is 40.6 Å². The van der Waals surface area contributed by atoms with E-state index in [1.54, 1.807) is 0 Å². The zero-order valence-electron chi connectivity index (χ0n) is 10.2. The van der Waals surface area contributed by atoms with Crippen LogP contribution in [0.3, 0.4) is 0 Å². The molecular formula is C13H16N2O2. The Kier molecular flexibility index (Phi) is 2.88. The Morgan fingerprint density at radius 1 is 1.24 bits per heavy atom. The third-order valence-corrected chi connectivity index (χ3v) is 2.66. The molecule has 0 bridgehead atoms. The van der Waals surface area contributed by atoms with Crippen molar-refractivity contribution in [2.45, 2.75) is 26.9 Å². The maximum Gasteiger partial charge on any atom is 0.199 e. The summed E-state index contributed by atoms with van der Waals surface area (Å²) < 4.78 is 0. The first kappa shape index (κ1) is 11.6. The number of oxime groups is 2. The van der Waals surface area contributed by atoms with Crippen molar-refractivity contribution in [1.82, 2.24) is 0 Å². The zero-order valence-corrected chi connectivity index (χ0v) is 10.2. The van der Waals surface area contributed by atoms with Gasteiger partial charge in [0.05, 0.1) is 0 Å². The molecule has 1 aromatic carbocycles. The maximum atomic E-state index is 9.16. The molecule has 1 N–H and O–H groups in total. The average molecular weight is 232 g/mol. The molecule has 2 rings (SSSR count). The average Bonchev–Trinajstić information content (AvgIpc) is 2.73. The largest absolute Gasteiger partial charge is 0.410 e. The van der Waals surface area contributed by atoms with Crippen LogP contribution < -0.4 is 0 Å². The summed E-state index contributed by atoms with van der Waals surface area (Å²) in [6, 6.07) is 9.62. The lowest BCUT2D eigenvalue weighted by Gasteiger charge is -2.17. The van der Waals surface area contributed by atoms with Gasteiger partial charge in [0.2, 0.25) is 0 Å². The molecule has 4 heteroatoms. The van der Waals surface area contributed by atoms with Crippen LogP contribution in [0.5, 0.6) is 0 Å². The molecule has 1 atom stereocenters. The summed E-state index contributed by atoms with van der Waals surface area (Å²) in [5.41, 5.74) is 1.91. The first-order valence-corrected chi connectivity index (χ1v) is 5.55. The molecule has 4 nitrogen and oxygen atoms in total. The number of hydrogen-bond donors (Lipinski definition) is 1. The zero-order chi connectivity index (χ0) is 12.5. The van der Waals surface area contributed by atoms with Gasteiger partial charge in [0.15, 0.2) is 11.8 Å². The number of rotatable bonds is 1. The molecule has 1 aromatic rings. The lowest BCUT2D eigenvalue weighted by molar-refractivity contribution is 0.116. The van der Waals surface area contributed by atoms with E-state index < -0.39 is 6.10 Å². The molecule has 1 heterocycles. The summed E-state index contributed by atoms with van der Waals surface area (Å²) in [5, 5.41) is 16.6. The van der Waals surface area contributed by atoms with Gasteiger partial charge in [0, 0.05) is 11.0 Å². The minimum Gasteiger partial charge on any atom is -0.410 e. The van der Waals surface area contributed by atoms with Gasteiger partial charge in [-0.1, -0.05) is 61.4 Å². The van der Waals surface area contributed by atoms with E-state index in [0.29, 0.717) is 11.4 Å². The van der Waals surface area contributed by atoms with Gasteiger partial charge in [-0.2, -0.15) is 0 Å². The normalized spacial score (nSPS) is 22.4. The lowest BCUT2D eigenvalue weighted by atomic mass is 9.85. The fraction of sp³-hybridized carbons (Fsp3) is 0.385. The summed E-state index contributed by atoms with van der Waals surface area (Å²) in [6.07, 6.45) is -0.407. The van der Waals surface area contributed by atoms with Crippen molar-refractivity contribution in [3.8, 4) is 0 Å². The van der Waals surface area contributed by atoms with Crippen LogP contribution in [0.4, 0.5) is 0 Å². The molecule has 17 heavy (non-hydrogen) atoms. The van der Waals surface area contributed by atoms with Gasteiger partial charge in [-0.15, -0.1) is 0 Å². The van der Waals surface area contributed by atoms with Crippen molar-refractivity contribution < 1.29 is 10.0 Å². The summed E-state index contributed by atoms with van der Waals surface area (Å²) in [4.78, 5) is 5.38. The van der Waals surface area contributed by atoms with Gasteiger partial charge >= 0.3 is 0 Å². The number of benzene rings is 1. The van der Waals surface area contributed by atoms with E-state index in [-0.39, 0.29) is 5.41 Å². The van der Waals surface area contributed by atoms with Crippen molar-refractivity contribution in [3.05, 3.63) is 35.9 Å². The number of nitrogens with zero attached hydrogens (tertiary/aromatic N) is 2. The maximum absolute atomic E-state index is 9.16. The molecule has 0 aliphatic carbocycles. The van der Waals surface area contributed by atoms with Crippen molar-refractivity contribution in [3.63, 3.8) is 0 Å². The predicted molar refractivity (Wildman–Crippen MR) is 66.4 cm³/mol. The Bertz CT molecular complexity index is 458. The van der Waals surface area contributed by atoms with Crippen LogP contribution in [0, 0.1) is 5.41 Å². The summed E-state index contributed by atoms with van der Waals surface area (Å²) >= 11 is 0. The quantitative estimate of drug-likeness (QED) is 0.597. The first-order chi connectivity index (χ1) is 8.04. The van der Waals surface area contributed by atoms with Crippen LogP contribution in [0.1, 0.15) is 32.4 Å². The van der Waals surface area contributed by atoms with Crippen molar-refractivity contribution >= 4 is 11.4 Å². The van der Waals surface area contributed by atoms with Gasteiger partial charge in [-0.25, -0.2) is 0 Å². The molecule has 0 saturated heterocycles. The smallest absolute Gasteiger partial charge is 0.199 e. The second-order valence-corrected chi connectivity index (χ2v) is 5.07.